The molecule has 0 saturated carbocycles. The second kappa shape index (κ2) is 8.20. The Morgan fingerprint density at radius 1 is 1.24 bits per heavy atom. The maximum Gasteiger partial charge on any atom is 0.392 e. The Balaban J connectivity index is 0. The van der Waals surface area contributed by atoms with Gasteiger partial charge >= 0.3 is 6.18 Å². The molecule has 1 atom stereocenters. The maximum absolute atomic E-state index is 11.0. The molecule has 0 unspecified atom stereocenters. The number of nitrogens with one attached hydrogen (secondary N) is 1. The van der Waals surface area contributed by atoms with Gasteiger partial charge in [0.05, 0.1) is 6.42 Å². The Morgan fingerprint density at radius 3 is 1.88 bits per heavy atom. The van der Waals surface area contributed by atoms with Crippen molar-refractivity contribution in [2.45, 2.75) is 40.3 Å². The maximum atomic E-state index is 11.0. The largest absolute Gasteiger partial charge is 0.394 e. The molecule has 0 radical (unpaired) electrons. The van der Waals surface area contributed by atoms with Gasteiger partial charge in [-0.25, -0.2) is 0 Å². The molecule has 0 rings (SSSR count). The smallest absolute Gasteiger partial charge is 0.392 e. The van der Waals surface area contributed by atoms with E-state index >= 15 is 0 Å². The molecule has 0 amide bonds. The van der Waals surface area contributed by atoms with Gasteiger partial charge in [0.1, 0.15) is 0 Å². The standard InChI is InChI=1S/C9H19N.C4H5F3/c1-8(6-7-10-5)9(2,3)4;1-2-3-4(5,6)7/h6-8,10H,1-5H3;2H,1,3H2/b7-6+;/t8-;/m1./s1. The number of alkyl halides is 3. The molecule has 1 nitrogen and oxygen atoms in total. The van der Waals surface area contributed by atoms with Crippen LogP contribution in [0.15, 0.2) is 24.9 Å². The van der Waals surface area contributed by atoms with Crippen molar-refractivity contribution in [1.82, 2.24) is 5.32 Å². The first-order chi connectivity index (χ1) is 7.54. The third kappa shape index (κ3) is 15.1. The van der Waals surface area contributed by atoms with Crippen LogP contribution in [-0.4, -0.2) is 13.2 Å². The van der Waals surface area contributed by atoms with Crippen LogP contribution in [-0.2, 0) is 0 Å². The van der Waals surface area contributed by atoms with Crippen LogP contribution in [0, 0.1) is 11.3 Å². The number of halogens is 3. The fourth-order valence-corrected chi connectivity index (χ4v) is 0.693. The van der Waals surface area contributed by atoms with E-state index in [1.54, 1.807) is 0 Å². The van der Waals surface area contributed by atoms with Crippen molar-refractivity contribution in [3.63, 3.8) is 0 Å². The van der Waals surface area contributed by atoms with Gasteiger partial charge in [0.25, 0.3) is 0 Å². The van der Waals surface area contributed by atoms with Crippen LogP contribution in [0.2, 0.25) is 0 Å². The molecule has 0 heterocycles. The SMILES string of the molecule is C=CCC(F)(F)F.CN/C=C/[C@@H](C)C(C)(C)C. The van der Waals surface area contributed by atoms with Crippen LogP contribution >= 0.6 is 0 Å². The monoisotopic (exact) mass is 251 g/mol. The van der Waals surface area contributed by atoms with Crippen molar-refractivity contribution < 1.29 is 13.2 Å². The highest BCUT2D eigenvalue weighted by Crippen LogP contribution is 2.25. The van der Waals surface area contributed by atoms with Crippen LogP contribution in [0.4, 0.5) is 13.2 Å². The Labute approximate surface area is 103 Å². The lowest BCUT2D eigenvalue weighted by Gasteiger charge is -2.23. The van der Waals surface area contributed by atoms with Crippen molar-refractivity contribution in [2.24, 2.45) is 11.3 Å². The summed E-state index contributed by atoms with van der Waals surface area (Å²) in [5.41, 5.74) is 0.382. The summed E-state index contributed by atoms with van der Waals surface area (Å²) >= 11 is 0. The van der Waals surface area contributed by atoms with Crippen LogP contribution in [0.3, 0.4) is 0 Å². The molecular weight excluding hydrogens is 227 g/mol. The lowest BCUT2D eigenvalue weighted by molar-refractivity contribution is -0.124. The second-order valence-electron chi connectivity index (χ2n) is 4.91. The zero-order chi connectivity index (χ0) is 14.1. The summed E-state index contributed by atoms with van der Waals surface area (Å²) in [5, 5.41) is 2.99. The van der Waals surface area contributed by atoms with Gasteiger partial charge in [0, 0.05) is 7.05 Å². The molecule has 0 fully saturated rings. The summed E-state index contributed by atoms with van der Waals surface area (Å²) in [5.74, 6) is 0.625. The molecule has 0 aliphatic rings. The summed E-state index contributed by atoms with van der Waals surface area (Å²) in [6.07, 6.45) is 0.0602. The van der Waals surface area contributed by atoms with Gasteiger partial charge in [-0.3, -0.25) is 0 Å². The molecule has 0 saturated heterocycles. The molecule has 0 aromatic rings. The summed E-state index contributed by atoms with van der Waals surface area (Å²) in [4.78, 5) is 0. The number of hydrogen-bond donors (Lipinski definition) is 1. The minimum Gasteiger partial charge on any atom is -0.394 e. The van der Waals surface area contributed by atoms with Crippen molar-refractivity contribution in [3.05, 3.63) is 24.9 Å². The number of rotatable bonds is 3. The highest BCUT2D eigenvalue weighted by molar-refractivity contribution is 4.89. The first kappa shape index (κ1) is 18.4. The second-order valence-corrected chi connectivity index (χ2v) is 4.91. The fraction of sp³-hybridized carbons (Fsp3) is 0.692. The van der Waals surface area contributed by atoms with Gasteiger partial charge in [-0.05, 0) is 17.5 Å². The summed E-state index contributed by atoms with van der Waals surface area (Å²) < 4.78 is 33.0. The average molecular weight is 251 g/mol. The molecular formula is C13H24F3N. The minimum absolute atomic E-state index is 0.382. The highest BCUT2D eigenvalue weighted by Gasteiger charge is 2.23. The van der Waals surface area contributed by atoms with Gasteiger partial charge in [-0.15, -0.1) is 6.58 Å². The van der Waals surface area contributed by atoms with Gasteiger partial charge in [-0.1, -0.05) is 39.8 Å². The normalized spacial score (nSPS) is 13.9. The van der Waals surface area contributed by atoms with Crippen LogP contribution in [0.25, 0.3) is 0 Å². The topological polar surface area (TPSA) is 12.0 Å². The van der Waals surface area contributed by atoms with Gasteiger partial charge in [0.15, 0.2) is 0 Å². The minimum atomic E-state index is -4.07. The van der Waals surface area contributed by atoms with E-state index in [0.29, 0.717) is 11.3 Å². The molecule has 0 aromatic carbocycles. The van der Waals surface area contributed by atoms with Crippen molar-refractivity contribution in [2.75, 3.05) is 7.05 Å². The predicted octanol–water partition coefficient (Wildman–Crippen LogP) is 4.53. The molecule has 0 aliphatic carbocycles. The third-order valence-corrected chi connectivity index (χ3v) is 2.29. The fourth-order valence-electron chi connectivity index (χ4n) is 0.693. The van der Waals surface area contributed by atoms with Crippen LogP contribution in [0.5, 0.6) is 0 Å². The Bertz CT molecular complexity index is 224. The molecule has 4 heteroatoms. The molecule has 0 bridgehead atoms. The van der Waals surface area contributed by atoms with E-state index in [4.69, 9.17) is 0 Å². The average Bonchev–Trinajstić information content (AvgIpc) is 2.11. The van der Waals surface area contributed by atoms with Gasteiger partial charge in [0.2, 0.25) is 0 Å². The van der Waals surface area contributed by atoms with Crippen LogP contribution < -0.4 is 5.32 Å². The molecule has 17 heavy (non-hydrogen) atoms. The lowest BCUT2D eigenvalue weighted by atomic mass is 9.82. The van der Waals surface area contributed by atoms with E-state index in [1.165, 1.54) is 0 Å². The molecule has 0 spiro atoms. The van der Waals surface area contributed by atoms with Gasteiger partial charge in [-0.2, -0.15) is 13.2 Å². The predicted molar refractivity (Wildman–Crippen MR) is 67.7 cm³/mol. The van der Waals surface area contributed by atoms with E-state index in [0.717, 1.165) is 6.08 Å². The Kier molecular flexibility index (Phi) is 8.90. The first-order valence-corrected chi connectivity index (χ1v) is 5.56. The third-order valence-electron chi connectivity index (χ3n) is 2.29. The first-order valence-electron chi connectivity index (χ1n) is 5.56. The Hall–Kier alpha value is -0.930. The van der Waals surface area contributed by atoms with Crippen molar-refractivity contribution in [3.8, 4) is 0 Å². The van der Waals surface area contributed by atoms with Crippen molar-refractivity contribution >= 4 is 0 Å². The quantitative estimate of drug-likeness (QED) is 0.727. The summed E-state index contributed by atoms with van der Waals surface area (Å²) in [7, 11) is 1.92. The molecule has 102 valence electrons. The van der Waals surface area contributed by atoms with E-state index in [-0.39, 0.29) is 0 Å². The lowest BCUT2D eigenvalue weighted by Crippen LogP contribution is -2.15. The number of hydrogen-bond acceptors (Lipinski definition) is 1. The zero-order valence-electron chi connectivity index (χ0n) is 11.4. The molecule has 1 N–H and O–H groups in total. The van der Waals surface area contributed by atoms with E-state index < -0.39 is 12.6 Å². The zero-order valence-corrected chi connectivity index (χ0v) is 11.4. The molecule has 0 aliphatic heterocycles. The molecule has 0 aromatic heterocycles. The highest BCUT2D eigenvalue weighted by atomic mass is 19.4. The van der Waals surface area contributed by atoms with E-state index in [1.807, 2.05) is 13.2 Å². The summed E-state index contributed by atoms with van der Waals surface area (Å²) in [6, 6.07) is 0. The van der Waals surface area contributed by atoms with Crippen molar-refractivity contribution in [1.29, 1.82) is 0 Å². The van der Waals surface area contributed by atoms with E-state index in [9.17, 15) is 13.2 Å². The van der Waals surface area contributed by atoms with E-state index in [2.05, 4.69) is 45.7 Å². The number of allylic oxidation sites excluding steroid dienone is 2. The van der Waals surface area contributed by atoms with Gasteiger partial charge < -0.3 is 5.32 Å². The summed E-state index contributed by atoms with van der Waals surface area (Å²) in [6.45, 7) is 11.9. The Morgan fingerprint density at radius 2 is 1.71 bits per heavy atom. The van der Waals surface area contributed by atoms with Crippen LogP contribution in [0.1, 0.15) is 34.1 Å².